The van der Waals surface area contributed by atoms with Crippen LogP contribution >= 0.6 is 0 Å². The summed E-state index contributed by atoms with van der Waals surface area (Å²) in [4.78, 5) is 2.41. The monoisotopic (exact) mass is 234 g/mol. The molecule has 3 rings (SSSR count). The predicted octanol–water partition coefficient (Wildman–Crippen LogP) is 2.37. The number of nitrogens with zero attached hydrogens (tertiary/aromatic N) is 1. The highest BCUT2D eigenvalue weighted by Gasteiger charge is 2.42. The summed E-state index contributed by atoms with van der Waals surface area (Å²) >= 11 is 0. The van der Waals surface area contributed by atoms with Gasteiger partial charge in [0, 0.05) is 24.2 Å². The van der Waals surface area contributed by atoms with Gasteiger partial charge in [-0.25, -0.2) is 4.39 Å². The average Bonchev–Trinajstić information content (AvgIpc) is 3.07. The quantitative estimate of drug-likeness (QED) is 0.851. The Hall–Kier alpha value is -0.930. The smallest absolute Gasteiger partial charge is 0.128 e. The van der Waals surface area contributed by atoms with E-state index in [1.54, 1.807) is 6.07 Å². The third-order valence-electron chi connectivity index (χ3n) is 3.97. The van der Waals surface area contributed by atoms with E-state index in [0.717, 1.165) is 24.1 Å². The van der Waals surface area contributed by atoms with Gasteiger partial charge in [-0.2, -0.15) is 0 Å². The van der Waals surface area contributed by atoms with Crippen molar-refractivity contribution in [2.24, 2.45) is 5.73 Å². The van der Waals surface area contributed by atoms with Crippen LogP contribution in [0.4, 0.5) is 4.39 Å². The molecule has 1 heterocycles. The summed E-state index contributed by atoms with van der Waals surface area (Å²) in [5.74, 6) is -0.108. The molecular formula is C14H19FN2. The van der Waals surface area contributed by atoms with Crippen LogP contribution in [0.25, 0.3) is 0 Å². The minimum Gasteiger partial charge on any atom is -0.326 e. The Morgan fingerprint density at radius 3 is 2.76 bits per heavy atom. The number of halogens is 1. The molecule has 2 fully saturated rings. The minimum absolute atomic E-state index is 0.0758. The Kier molecular flexibility index (Phi) is 2.68. The van der Waals surface area contributed by atoms with Gasteiger partial charge in [0.15, 0.2) is 0 Å². The molecule has 2 aliphatic rings. The summed E-state index contributed by atoms with van der Waals surface area (Å²) in [6, 6.07) is 6.16. The number of hydrogen-bond acceptors (Lipinski definition) is 2. The number of rotatable bonds is 2. The summed E-state index contributed by atoms with van der Waals surface area (Å²) in [5, 5.41) is 0. The zero-order valence-electron chi connectivity index (χ0n) is 10.2. The van der Waals surface area contributed by atoms with Crippen molar-refractivity contribution in [2.45, 2.75) is 44.3 Å². The third kappa shape index (κ3) is 1.98. The summed E-state index contributed by atoms with van der Waals surface area (Å²) in [5.41, 5.74) is 8.08. The van der Waals surface area contributed by atoms with Crippen LogP contribution in [0.3, 0.4) is 0 Å². The Morgan fingerprint density at radius 1 is 1.29 bits per heavy atom. The van der Waals surface area contributed by atoms with Crippen LogP contribution in [0.2, 0.25) is 0 Å². The van der Waals surface area contributed by atoms with Crippen LogP contribution in [0, 0.1) is 12.7 Å². The molecule has 0 radical (unpaired) electrons. The Labute approximate surface area is 102 Å². The van der Waals surface area contributed by atoms with E-state index in [1.807, 2.05) is 19.1 Å². The topological polar surface area (TPSA) is 29.3 Å². The van der Waals surface area contributed by atoms with E-state index in [2.05, 4.69) is 4.90 Å². The van der Waals surface area contributed by atoms with Gasteiger partial charge < -0.3 is 5.73 Å². The molecule has 2 atom stereocenters. The van der Waals surface area contributed by atoms with Crippen molar-refractivity contribution in [1.82, 2.24) is 4.90 Å². The Balaban J connectivity index is 1.97. The highest BCUT2D eigenvalue weighted by atomic mass is 19.1. The number of aryl methyl sites for hydroxylation is 1. The number of likely N-dealkylation sites (tertiary alicyclic amines) is 1. The molecule has 1 aliphatic carbocycles. The average molecular weight is 234 g/mol. The van der Waals surface area contributed by atoms with Crippen LogP contribution in [0.1, 0.15) is 36.4 Å². The molecule has 0 aromatic heterocycles. The second-order valence-electron chi connectivity index (χ2n) is 5.39. The van der Waals surface area contributed by atoms with E-state index in [4.69, 9.17) is 5.73 Å². The number of nitrogens with two attached hydrogens (primary N) is 1. The SMILES string of the molecule is Cc1ccc(F)c(C2C(N)CCN2C2CC2)c1. The van der Waals surface area contributed by atoms with Crippen molar-refractivity contribution in [1.29, 1.82) is 0 Å². The second kappa shape index (κ2) is 4.07. The van der Waals surface area contributed by atoms with Crippen LogP contribution in [0.5, 0.6) is 0 Å². The van der Waals surface area contributed by atoms with E-state index >= 15 is 0 Å². The van der Waals surface area contributed by atoms with Crippen molar-refractivity contribution in [3.8, 4) is 0 Å². The number of hydrogen-bond donors (Lipinski definition) is 1. The largest absolute Gasteiger partial charge is 0.326 e. The zero-order chi connectivity index (χ0) is 12.0. The van der Waals surface area contributed by atoms with Gasteiger partial charge in [0.25, 0.3) is 0 Å². The molecule has 3 heteroatoms. The van der Waals surface area contributed by atoms with Crippen LogP contribution in [-0.4, -0.2) is 23.5 Å². The fourth-order valence-corrected chi connectivity index (χ4v) is 2.96. The van der Waals surface area contributed by atoms with Crippen molar-refractivity contribution < 1.29 is 4.39 Å². The van der Waals surface area contributed by atoms with Crippen LogP contribution in [-0.2, 0) is 0 Å². The molecule has 2 N–H and O–H groups in total. The maximum atomic E-state index is 14.0. The molecule has 92 valence electrons. The first kappa shape index (κ1) is 11.2. The highest BCUT2D eigenvalue weighted by Crippen LogP contribution is 2.41. The molecule has 0 spiro atoms. The van der Waals surface area contributed by atoms with Crippen LogP contribution in [0.15, 0.2) is 18.2 Å². The second-order valence-corrected chi connectivity index (χ2v) is 5.39. The Bertz CT molecular complexity index is 428. The van der Waals surface area contributed by atoms with Crippen molar-refractivity contribution in [3.63, 3.8) is 0 Å². The summed E-state index contributed by atoms with van der Waals surface area (Å²) in [7, 11) is 0. The first-order valence-electron chi connectivity index (χ1n) is 6.44. The fraction of sp³-hybridized carbons (Fsp3) is 0.571. The van der Waals surface area contributed by atoms with E-state index in [1.165, 1.54) is 12.8 Å². The normalized spacial score (nSPS) is 29.8. The molecule has 1 aliphatic heterocycles. The lowest BCUT2D eigenvalue weighted by Crippen LogP contribution is -2.33. The summed E-state index contributed by atoms with van der Waals surface area (Å²) < 4.78 is 14.0. The molecule has 0 amide bonds. The van der Waals surface area contributed by atoms with Gasteiger partial charge in [-0.15, -0.1) is 0 Å². The number of benzene rings is 1. The lowest BCUT2D eigenvalue weighted by molar-refractivity contribution is 0.232. The minimum atomic E-state index is -0.108. The maximum absolute atomic E-state index is 14.0. The molecule has 1 aromatic rings. The molecular weight excluding hydrogens is 215 g/mol. The molecule has 0 bridgehead atoms. The molecule has 1 saturated heterocycles. The first-order chi connectivity index (χ1) is 8.16. The molecule has 1 saturated carbocycles. The molecule has 17 heavy (non-hydrogen) atoms. The summed E-state index contributed by atoms with van der Waals surface area (Å²) in [6.45, 7) is 3.02. The van der Waals surface area contributed by atoms with Gasteiger partial charge in [0.2, 0.25) is 0 Å². The lowest BCUT2D eigenvalue weighted by Gasteiger charge is -2.27. The van der Waals surface area contributed by atoms with Gasteiger partial charge in [-0.1, -0.05) is 17.7 Å². The zero-order valence-corrected chi connectivity index (χ0v) is 10.2. The van der Waals surface area contributed by atoms with Gasteiger partial charge in [0.1, 0.15) is 5.82 Å². The third-order valence-corrected chi connectivity index (χ3v) is 3.97. The van der Waals surface area contributed by atoms with Gasteiger partial charge >= 0.3 is 0 Å². The molecule has 2 nitrogen and oxygen atoms in total. The van der Waals surface area contributed by atoms with E-state index in [0.29, 0.717) is 6.04 Å². The molecule has 1 aromatic carbocycles. The lowest BCUT2D eigenvalue weighted by atomic mass is 9.98. The Morgan fingerprint density at radius 2 is 2.06 bits per heavy atom. The highest BCUT2D eigenvalue weighted by molar-refractivity contribution is 5.29. The van der Waals surface area contributed by atoms with Gasteiger partial charge in [-0.05, 0) is 32.3 Å². The first-order valence-corrected chi connectivity index (χ1v) is 6.44. The van der Waals surface area contributed by atoms with E-state index < -0.39 is 0 Å². The van der Waals surface area contributed by atoms with Crippen LogP contribution < -0.4 is 5.73 Å². The predicted molar refractivity (Wildman–Crippen MR) is 66.2 cm³/mol. The maximum Gasteiger partial charge on any atom is 0.128 e. The summed E-state index contributed by atoms with van der Waals surface area (Å²) in [6.07, 6.45) is 3.47. The van der Waals surface area contributed by atoms with E-state index in [-0.39, 0.29) is 17.9 Å². The molecule has 2 unspecified atom stereocenters. The fourth-order valence-electron chi connectivity index (χ4n) is 2.96. The standard InChI is InChI=1S/C14H19FN2/c1-9-2-5-12(15)11(8-9)14-13(16)6-7-17(14)10-3-4-10/h2,5,8,10,13-14H,3-4,6-7,16H2,1H3. The van der Waals surface area contributed by atoms with Crippen molar-refractivity contribution in [3.05, 3.63) is 35.1 Å². The van der Waals surface area contributed by atoms with Crippen molar-refractivity contribution >= 4 is 0 Å². The van der Waals surface area contributed by atoms with Crippen molar-refractivity contribution in [2.75, 3.05) is 6.54 Å². The van der Waals surface area contributed by atoms with Gasteiger partial charge in [-0.3, -0.25) is 4.90 Å². The van der Waals surface area contributed by atoms with Gasteiger partial charge in [0.05, 0.1) is 6.04 Å². The van der Waals surface area contributed by atoms with E-state index in [9.17, 15) is 4.39 Å².